The fourth-order valence-electron chi connectivity index (χ4n) is 4.38. The van der Waals surface area contributed by atoms with Crippen molar-refractivity contribution in [3.63, 3.8) is 0 Å². The van der Waals surface area contributed by atoms with Gasteiger partial charge in [0.05, 0.1) is 35.6 Å². The molecule has 1 N–H and O–H groups in total. The molecule has 5 rings (SSSR count). The molecule has 7 heteroatoms. The molecule has 1 amide bonds. The summed E-state index contributed by atoms with van der Waals surface area (Å²) in [7, 11) is 0. The average Bonchev–Trinajstić information content (AvgIpc) is 3.36. The molecule has 0 aliphatic rings. The van der Waals surface area contributed by atoms with Gasteiger partial charge >= 0.3 is 6.15 Å². The van der Waals surface area contributed by atoms with Crippen molar-refractivity contribution in [1.29, 1.82) is 0 Å². The van der Waals surface area contributed by atoms with Crippen LogP contribution >= 0.6 is 0 Å². The number of carbonyl (C=O) groups is 1. The molecule has 0 radical (unpaired) electrons. The number of fused-ring (bicyclic) bond motifs is 1. The summed E-state index contributed by atoms with van der Waals surface area (Å²) in [6, 6.07) is 28.3. The molecule has 0 bridgehead atoms. The summed E-state index contributed by atoms with van der Waals surface area (Å²) in [6.45, 7) is 7.02. The first-order valence-electron chi connectivity index (χ1n) is 12.7. The molecule has 0 saturated heterocycles. The van der Waals surface area contributed by atoms with Gasteiger partial charge in [0.25, 0.3) is 5.91 Å². The zero-order chi connectivity index (χ0) is 27.8. The van der Waals surface area contributed by atoms with E-state index in [-0.39, 0.29) is 18.1 Å². The average molecular weight is 519 g/mol. The van der Waals surface area contributed by atoms with Crippen molar-refractivity contribution in [2.75, 3.05) is 0 Å². The summed E-state index contributed by atoms with van der Waals surface area (Å²) in [5.41, 5.74) is 7.90. The van der Waals surface area contributed by atoms with E-state index in [4.69, 9.17) is 9.59 Å². The van der Waals surface area contributed by atoms with Gasteiger partial charge in [-0.25, -0.2) is 4.98 Å². The van der Waals surface area contributed by atoms with Crippen LogP contribution in [0.5, 0.6) is 0 Å². The van der Waals surface area contributed by atoms with Gasteiger partial charge in [-0.2, -0.15) is 9.59 Å². The topological polar surface area (TPSA) is 93.9 Å². The highest BCUT2D eigenvalue weighted by Crippen LogP contribution is 2.22. The second-order valence-electron chi connectivity index (χ2n) is 9.60. The number of hydrogen-bond acceptors (Lipinski definition) is 5. The highest BCUT2D eigenvalue weighted by molar-refractivity contribution is 5.97. The van der Waals surface area contributed by atoms with Crippen LogP contribution in [0.3, 0.4) is 0 Å². The minimum Gasteiger partial charge on any atom is -0.346 e. The van der Waals surface area contributed by atoms with Crippen LogP contribution < -0.4 is 5.32 Å². The molecule has 0 aliphatic carbocycles. The summed E-state index contributed by atoms with van der Waals surface area (Å²) in [5.74, 6) is 0.345. The molecule has 0 saturated carbocycles. The maximum absolute atomic E-state index is 13.0. The van der Waals surface area contributed by atoms with Gasteiger partial charge in [0.1, 0.15) is 0 Å². The Hall–Kier alpha value is -4.87. The van der Waals surface area contributed by atoms with E-state index in [9.17, 15) is 4.79 Å². The Labute approximate surface area is 227 Å². The van der Waals surface area contributed by atoms with Gasteiger partial charge in [-0.15, -0.1) is 0 Å². The highest BCUT2D eigenvalue weighted by Gasteiger charge is 2.14. The first-order valence-corrected chi connectivity index (χ1v) is 12.7. The molecule has 7 nitrogen and oxygen atoms in total. The van der Waals surface area contributed by atoms with Crippen LogP contribution in [0.15, 0.2) is 97.5 Å². The monoisotopic (exact) mass is 518 g/mol. The number of amides is 1. The fraction of sp³-hybridized carbons (Fsp3) is 0.188. The summed E-state index contributed by atoms with van der Waals surface area (Å²) in [5, 5.41) is 3.13. The van der Waals surface area contributed by atoms with Crippen LogP contribution in [0.1, 0.15) is 59.8 Å². The Bertz CT molecular complexity index is 1590. The standard InChI is InChI=1S/C31H30N4O.CO2/c1-21(2)25-10-7-11-26(16-25)22(3)34-31(36)27-13-15-30-29(17-27)33-20-35(30)19-23-12-14-28(32-18-23)24-8-5-4-6-9-24;2-1-3/h4-18,20-22H,19H2,1-3H3,(H,34,36);/t22-;/m0./s1. The van der Waals surface area contributed by atoms with Gasteiger partial charge in [-0.3, -0.25) is 9.78 Å². The number of imidazole rings is 1. The second-order valence-corrected chi connectivity index (χ2v) is 9.60. The first kappa shape index (κ1) is 27.2. The maximum Gasteiger partial charge on any atom is 0.373 e. The van der Waals surface area contributed by atoms with Crippen LogP contribution in [0.4, 0.5) is 0 Å². The number of pyridine rings is 1. The van der Waals surface area contributed by atoms with Gasteiger partial charge in [0, 0.05) is 17.3 Å². The van der Waals surface area contributed by atoms with Crippen molar-refractivity contribution in [3.8, 4) is 11.3 Å². The molecule has 0 aliphatic heterocycles. The quantitative estimate of drug-likeness (QED) is 0.278. The van der Waals surface area contributed by atoms with Crippen LogP contribution in [-0.4, -0.2) is 26.6 Å². The van der Waals surface area contributed by atoms with E-state index in [2.05, 4.69) is 76.2 Å². The molecule has 3 aromatic carbocycles. The largest absolute Gasteiger partial charge is 0.373 e. The number of rotatable bonds is 7. The smallest absolute Gasteiger partial charge is 0.346 e. The number of nitrogens with zero attached hydrogens (tertiary/aromatic N) is 3. The third-order valence-electron chi connectivity index (χ3n) is 6.56. The number of aromatic nitrogens is 3. The van der Waals surface area contributed by atoms with E-state index in [0.717, 1.165) is 33.4 Å². The van der Waals surface area contributed by atoms with Crippen LogP contribution in [0, 0.1) is 0 Å². The minimum atomic E-state index is -0.102. The predicted molar refractivity (Wildman–Crippen MR) is 150 cm³/mol. The third-order valence-corrected chi connectivity index (χ3v) is 6.56. The molecular formula is C32H30N4O3. The number of carbonyl (C=O) groups excluding carboxylic acids is 3. The fourth-order valence-corrected chi connectivity index (χ4v) is 4.38. The van der Waals surface area contributed by atoms with Gasteiger partial charge in [0.15, 0.2) is 0 Å². The maximum atomic E-state index is 13.0. The van der Waals surface area contributed by atoms with Crippen molar-refractivity contribution >= 4 is 23.1 Å². The molecule has 0 unspecified atom stereocenters. The van der Waals surface area contributed by atoms with Crippen molar-refractivity contribution in [3.05, 3.63) is 120 Å². The molecule has 1 atom stereocenters. The molecule has 2 heterocycles. The lowest BCUT2D eigenvalue weighted by molar-refractivity contribution is -0.191. The number of nitrogens with one attached hydrogen (secondary N) is 1. The summed E-state index contributed by atoms with van der Waals surface area (Å²) in [4.78, 5) is 38.4. The minimum absolute atomic E-state index is 0.0872. The molecule has 196 valence electrons. The SMILES string of the molecule is CC(C)c1cccc([C@H](C)NC(=O)c2ccc3c(c2)ncn3Cc2ccc(-c3ccccc3)nc2)c1.O=C=O. The van der Waals surface area contributed by atoms with Gasteiger partial charge in [0.2, 0.25) is 0 Å². The van der Waals surface area contributed by atoms with E-state index in [1.807, 2.05) is 61.9 Å². The van der Waals surface area contributed by atoms with E-state index in [1.54, 1.807) is 0 Å². The Morgan fingerprint density at radius 1 is 0.872 bits per heavy atom. The molecular weight excluding hydrogens is 488 g/mol. The lowest BCUT2D eigenvalue weighted by Gasteiger charge is -2.16. The molecule has 2 aromatic heterocycles. The van der Waals surface area contributed by atoms with Crippen molar-refractivity contribution in [2.24, 2.45) is 0 Å². The molecule has 39 heavy (non-hydrogen) atoms. The van der Waals surface area contributed by atoms with Crippen LogP contribution in [-0.2, 0) is 16.1 Å². The van der Waals surface area contributed by atoms with Crippen molar-refractivity contribution in [2.45, 2.75) is 39.3 Å². The second kappa shape index (κ2) is 12.6. The summed E-state index contributed by atoms with van der Waals surface area (Å²) in [6.07, 6.45) is 3.98. The predicted octanol–water partition coefficient (Wildman–Crippen LogP) is 6.18. The Balaban J connectivity index is 0.00000112. The Morgan fingerprint density at radius 3 is 2.31 bits per heavy atom. The summed E-state index contributed by atoms with van der Waals surface area (Å²) < 4.78 is 2.08. The molecule has 5 aromatic rings. The van der Waals surface area contributed by atoms with Gasteiger partial charge in [-0.1, -0.05) is 74.5 Å². The highest BCUT2D eigenvalue weighted by atomic mass is 16.2. The van der Waals surface area contributed by atoms with E-state index in [0.29, 0.717) is 18.0 Å². The van der Waals surface area contributed by atoms with Crippen LogP contribution in [0.2, 0.25) is 0 Å². The lowest BCUT2D eigenvalue weighted by Crippen LogP contribution is -2.26. The van der Waals surface area contributed by atoms with Gasteiger partial charge in [-0.05, 0) is 53.8 Å². The zero-order valence-electron chi connectivity index (χ0n) is 22.2. The first-order chi connectivity index (χ1) is 18.9. The van der Waals surface area contributed by atoms with Crippen LogP contribution in [0.25, 0.3) is 22.3 Å². The zero-order valence-corrected chi connectivity index (χ0v) is 22.2. The number of benzene rings is 3. The summed E-state index contributed by atoms with van der Waals surface area (Å²) >= 11 is 0. The Kier molecular flexibility index (Phi) is 8.77. The molecule has 0 fully saturated rings. The third kappa shape index (κ3) is 6.72. The van der Waals surface area contributed by atoms with Crippen molar-refractivity contribution < 1.29 is 14.4 Å². The van der Waals surface area contributed by atoms with E-state index < -0.39 is 0 Å². The Morgan fingerprint density at radius 2 is 1.62 bits per heavy atom. The normalized spacial score (nSPS) is 11.4. The van der Waals surface area contributed by atoms with Gasteiger partial charge < -0.3 is 9.88 Å². The number of hydrogen-bond donors (Lipinski definition) is 1. The lowest BCUT2D eigenvalue weighted by atomic mass is 9.98. The van der Waals surface area contributed by atoms with E-state index in [1.165, 1.54) is 5.56 Å². The van der Waals surface area contributed by atoms with Crippen molar-refractivity contribution in [1.82, 2.24) is 19.9 Å². The van der Waals surface area contributed by atoms with E-state index >= 15 is 0 Å². The molecule has 0 spiro atoms.